The van der Waals surface area contributed by atoms with Gasteiger partial charge < -0.3 is 14.3 Å². The van der Waals surface area contributed by atoms with Gasteiger partial charge >= 0.3 is 0 Å². The third-order valence-electron chi connectivity index (χ3n) is 2.17. The van der Waals surface area contributed by atoms with Gasteiger partial charge in [0.05, 0.1) is 19.3 Å². The lowest BCUT2D eigenvalue weighted by atomic mass is 9.86. The second-order valence-electron chi connectivity index (χ2n) is 2.86. The van der Waals surface area contributed by atoms with Gasteiger partial charge in [0.15, 0.2) is 0 Å². The molecule has 4 nitrogen and oxygen atoms in total. The molecule has 1 N–H and O–H groups in total. The van der Waals surface area contributed by atoms with E-state index in [1.165, 1.54) is 0 Å². The highest BCUT2D eigenvalue weighted by atomic mass is 16.6. The highest BCUT2D eigenvalue weighted by Gasteiger charge is 2.42. The largest absolute Gasteiger partial charge is 0.377 e. The van der Waals surface area contributed by atoms with Crippen LogP contribution in [0, 0.1) is 0 Å². The first-order valence-corrected chi connectivity index (χ1v) is 4.26. The van der Waals surface area contributed by atoms with Crippen LogP contribution in [0.3, 0.4) is 0 Å². The zero-order valence-corrected chi connectivity index (χ0v) is 7.87. The maximum atomic E-state index is 5.44. The number of ether oxygens (including phenoxy) is 2. The van der Waals surface area contributed by atoms with Crippen LogP contribution in [0.5, 0.6) is 0 Å². The quantitative estimate of drug-likeness (QED) is 0.611. The molecule has 0 radical (unpaired) electrons. The molecule has 0 aromatic heterocycles. The van der Waals surface area contributed by atoms with Gasteiger partial charge in [0, 0.05) is 13.7 Å². The van der Waals surface area contributed by atoms with E-state index in [9.17, 15) is 0 Å². The highest BCUT2D eigenvalue weighted by molar-refractivity contribution is 4.95. The normalized spacial score (nSPS) is 34.8. The summed E-state index contributed by atoms with van der Waals surface area (Å²) in [6.07, 6.45) is 1.32. The Labute approximate surface area is 73.1 Å². The third kappa shape index (κ3) is 1.95. The summed E-state index contributed by atoms with van der Waals surface area (Å²) in [6, 6.07) is 0.275. The van der Waals surface area contributed by atoms with Gasteiger partial charge in [-0.2, -0.15) is 5.48 Å². The van der Waals surface area contributed by atoms with Gasteiger partial charge in [-0.15, -0.1) is 0 Å². The Morgan fingerprint density at radius 2 is 2.17 bits per heavy atom. The van der Waals surface area contributed by atoms with Crippen LogP contribution in [0.25, 0.3) is 0 Å². The Kier molecular flexibility index (Phi) is 3.94. The van der Waals surface area contributed by atoms with Gasteiger partial charge in [-0.1, -0.05) is 0 Å². The van der Waals surface area contributed by atoms with Crippen molar-refractivity contribution < 1.29 is 14.3 Å². The van der Waals surface area contributed by atoms with E-state index in [2.05, 4.69) is 5.48 Å². The molecule has 1 fully saturated rings. The van der Waals surface area contributed by atoms with E-state index >= 15 is 0 Å². The Bertz CT molecular complexity index is 119. The number of rotatable bonds is 5. The van der Waals surface area contributed by atoms with E-state index in [1.54, 1.807) is 14.2 Å². The van der Waals surface area contributed by atoms with Gasteiger partial charge in [-0.05, 0) is 13.3 Å². The minimum atomic E-state index is 0.130. The van der Waals surface area contributed by atoms with Crippen molar-refractivity contribution in [1.82, 2.24) is 5.48 Å². The lowest BCUT2D eigenvalue weighted by Crippen LogP contribution is -2.59. The van der Waals surface area contributed by atoms with Crippen molar-refractivity contribution >= 4 is 0 Å². The molecule has 0 aliphatic heterocycles. The van der Waals surface area contributed by atoms with Crippen LogP contribution >= 0.6 is 0 Å². The van der Waals surface area contributed by atoms with Gasteiger partial charge in [0.2, 0.25) is 0 Å². The maximum Gasteiger partial charge on any atom is 0.101 e. The Hall–Kier alpha value is -0.160. The molecule has 1 rings (SSSR count). The van der Waals surface area contributed by atoms with Crippen molar-refractivity contribution in [2.75, 3.05) is 20.8 Å². The summed E-state index contributed by atoms with van der Waals surface area (Å²) in [5.41, 5.74) is 2.87. The molecule has 1 aliphatic carbocycles. The minimum Gasteiger partial charge on any atom is -0.377 e. The topological polar surface area (TPSA) is 39.7 Å². The first-order valence-electron chi connectivity index (χ1n) is 4.26. The van der Waals surface area contributed by atoms with E-state index in [4.69, 9.17) is 14.3 Å². The summed E-state index contributed by atoms with van der Waals surface area (Å²) < 4.78 is 10.7. The van der Waals surface area contributed by atoms with Crippen molar-refractivity contribution in [1.29, 1.82) is 0 Å². The average Bonchev–Trinajstić information content (AvgIpc) is 2.03. The molecule has 0 saturated heterocycles. The van der Waals surface area contributed by atoms with Gasteiger partial charge in [0.1, 0.15) is 6.10 Å². The summed E-state index contributed by atoms with van der Waals surface area (Å²) in [7, 11) is 3.31. The monoisotopic (exact) mass is 175 g/mol. The molecular formula is C8H17NO3. The summed E-state index contributed by atoms with van der Waals surface area (Å²) in [5.74, 6) is 0. The number of hydrogen-bond acceptors (Lipinski definition) is 4. The maximum absolute atomic E-state index is 5.44. The number of methoxy groups -OCH3 is 1. The van der Waals surface area contributed by atoms with Crippen LogP contribution in [-0.4, -0.2) is 39.1 Å². The van der Waals surface area contributed by atoms with Crippen molar-refractivity contribution in [3.63, 3.8) is 0 Å². The van der Waals surface area contributed by atoms with Gasteiger partial charge in [-0.3, -0.25) is 0 Å². The number of hydrogen-bond donors (Lipinski definition) is 1. The number of nitrogens with one attached hydrogen (secondary N) is 1. The molecule has 0 heterocycles. The Morgan fingerprint density at radius 3 is 2.67 bits per heavy atom. The molecule has 1 aliphatic rings. The van der Waals surface area contributed by atoms with Crippen LogP contribution in [0.2, 0.25) is 0 Å². The highest BCUT2D eigenvalue weighted by Crippen LogP contribution is 2.26. The summed E-state index contributed by atoms with van der Waals surface area (Å²) in [4.78, 5) is 4.82. The second kappa shape index (κ2) is 4.77. The fourth-order valence-electron chi connectivity index (χ4n) is 1.54. The smallest absolute Gasteiger partial charge is 0.101 e. The van der Waals surface area contributed by atoms with Crippen molar-refractivity contribution in [2.24, 2.45) is 0 Å². The summed E-state index contributed by atoms with van der Waals surface area (Å²) >= 11 is 0. The zero-order chi connectivity index (χ0) is 8.97. The summed E-state index contributed by atoms with van der Waals surface area (Å²) in [6.45, 7) is 2.73. The predicted molar refractivity (Wildman–Crippen MR) is 44.8 cm³/mol. The van der Waals surface area contributed by atoms with Crippen LogP contribution < -0.4 is 5.48 Å². The predicted octanol–water partition coefficient (Wildman–Crippen LogP) is 0.330. The molecule has 12 heavy (non-hydrogen) atoms. The lowest BCUT2D eigenvalue weighted by molar-refractivity contribution is -0.158. The molecule has 72 valence electrons. The van der Waals surface area contributed by atoms with Crippen LogP contribution in [0.4, 0.5) is 0 Å². The van der Waals surface area contributed by atoms with Crippen LogP contribution in [-0.2, 0) is 14.3 Å². The molecule has 1 saturated carbocycles. The molecular weight excluding hydrogens is 158 g/mol. The zero-order valence-electron chi connectivity index (χ0n) is 7.87. The average molecular weight is 175 g/mol. The second-order valence-corrected chi connectivity index (χ2v) is 2.86. The molecule has 3 atom stereocenters. The lowest BCUT2D eigenvalue weighted by Gasteiger charge is -2.42. The molecule has 0 amide bonds. The van der Waals surface area contributed by atoms with E-state index < -0.39 is 0 Å². The first kappa shape index (κ1) is 9.92. The van der Waals surface area contributed by atoms with Crippen LogP contribution in [0.15, 0.2) is 0 Å². The Balaban J connectivity index is 2.25. The van der Waals surface area contributed by atoms with Crippen molar-refractivity contribution in [3.05, 3.63) is 0 Å². The Morgan fingerprint density at radius 1 is 1.42 bits per heavy atom. The minimum absolute atomic E-state index is 0.130. The number of hydroxylamine groups is 1. The molecule has 0 spiro atoms. The third-order valence-corrected chi connectivity index (χ3v) is 2.17. The SMILES string of the molecule is CCOC1CC(NOC)C1OC. The molecule has 3 unspecified atom stereocenters. The molecule has 4 heteroatoms. The fraction of sp³-hybridized carbons (Fsp3) is 1.00. The van der Waals surface area contributed by atoms with Crippen molar-refractivity contribution in [2.45, 2.75) is 31.6 Å². The van der Waals surface area contributed by atoms with E-state index in [1.807, 2.05) is 6.92 Å². The van der Waals surface area contributed by atoms with E-state index in [-0.39, 0.29) is 18.2 Å². The molecule has 0 aromatic carbocycles. The van der Waals surface area contributed by atoms with E-state index in [0.717, 1.165) is 13.0 Å². The first-order chi connectivity index (χ1) is 5.83. The molecule has 0 bridgehead atoms. The standard InChI is InChI=1S/C8H17NO3/c1-4-12-7-5-6(9-11-3)8(7)10-2/h6-9H,4-5H2,1-3H3. The fourth-order valence-corrected chi connectivity index (χ4v) is 1.54. The summed E-state index contributed by atoms with van der Waals surface area (Å²) in [5, 5.41) is 0. The molecule has 0 aromatic rings. The van der Waals surface area contributed by atoms with Crippen LogP contribution in [0.1, 0.15) is 13.3 Å². The van der Waals surface area contributed by atoms with E-state index in [0.29, 0.717) is 0 Å². The van der Waals surface area contributed by atoms with Crippen molar-refractivity contribution in [3.8, 4) is 0 Å². The van der Waals surface area contributed by atoms with Gasteiger partial charge in [0.25, 0.3) is 0 Å². The van der Waals surface area contributed by atoms with Gasteiger partial charge in [-0.25, -0.2) is 0 Å².